The molecular weight excluding hydrogens is 387 g/mol. The van der Waals surface area contributed by atoms with E-state index in [9.17, 15) is 4.39 Å². The third kappa shape index (κ3) is 5.93. The lowest BCUT2D eigenvalue weighted by Gasteiger charge is -2.39. The number of halogens is 1. The molecule has 0 bridgehead atoms. The van der Waals surface area contributed by atoms with Gasteiger partial charge < -0.3 is 15.4 Å². The summed E-state index contributed by atoms with van der Waals surface area (Å²) in [7, 11) is 3.98. The second-order valence-corrected chi connectivity index (χ2v) is 8.52. The molecule has 3 atom stereocenters. The lowest BCUT2D eigenvalue weighted by Crippen LogP contribution is -2.46. The molecule has 7 heteroatoms. The number of thiophene rings is 1. The Morgan fingerprint density at radius 3 is 2.86 bits per heavy atom. The van der Waals surface area contributed by atoms with Crippen molar-refractivity contribution < 1.29 is 9.13 Å². The van der Waals surface area contributed by atoms with Gasteiger partial charge in [0.05, 0.1) is 6.54 Å². The van der Waals surface area contributed by atoms with Crippen molar-refractivity contribution >= 4 is 17.3 Å². The molecule has 3 unspecified atom stereocenters. The predicted octanol–water partition coefficient (Wildman–Crippen LogP) is 3.90. The molecule has 1 fully saturated rings. The van der Waals surface area contributed by atoms with Crippen LogP contribution in [0.4, 0.5) is 4.39 Å². The Kier molecular flexibility index (Phi) is 7.89. The maximum absolute atomic E-state index is 13.7. The topological polar surface area (TPSA) is 48.9 Å². The first-order chi connectivity index (χ1) is 14.1. The Bertz CT molecular complexity index is 783. The zero-order chi connectivity index (χ0) is 20.6. The van der Waals surface area contributed by atoms with Crippen molar-refractivity contribution in [2.24, 2.45) is 10.9 Å². The van der Waals surface area contributed by atoms with E-state index in [-0.39, 0.29) is 17.7 Å². The Balaban J connectivity index is 1.50. The third-order valence-electron chi connectivity index (χ3n) is 5.32. The van der Waals surface area contributed by atoms with Gasteiger partial charge in [-0.3, -0.25) is 9.89 Å². The van der Waals surface area contributed by atoms with E-state index in [1.807, 2.05) is 18.3 Å². The molecule has 3 rings (SSSR count). The molecule has 2 N–H and O–H groups in total. The Labute approximate surface area is 177 Å². The number of hydrogen-bond donors (Lipinski definition) is 2. The lowest BCUT2D eigenvalue weighted by atomic mass is 9.88. The molecule has 29 heavy (non-hydrogen) atoms. The summed E-state index contributed by atoms with van der Waals surface area (Å²) in [5.74, 6) is 1.20. The lowest BCUT2D eigenvalue weighted by molar-refractivity contribution is 0.125. The molecule has 1 aliphatic rings. The Morgan fingerprint density at radius 1 is 1.31 bits per heavy atom. The average molecular weight is 419 g/mol. The molecule has 1 aromatic heterocycles. The molecule has 1 saturated heterocycles. The summed E-state index contributed by atoms with van der Waals surface area (Å²) in [6.45, 7) is 4.44. The van der Waals surface area contributed by atoms with Crippen LogP contribution >= 0.6 is 11.3 Å². The summed E-state index contributed by atoms with van der Waals surface area (Å²) in [4.78, 5) is 8.21. The van der Waals surface area contributed by atoms with Crippen LogP contribution in [0.2, 0.25) is 0 Å². The van der Waals surface area contributed by atoms with E-state index in [2.05, 4.69) is 45.1 Å². The fraction of sp³-hybridized carbons (Fsp3) is 0.500. The molecule has 0 spiro atoms. The van der Waals surface area contributed by atoms with Crippen LogP contribution in [0.15, 0.2) is 46.8 Å². The number of ether oxygens (including phenoxy) is 1. The third-order valence-corrected chi connectivity index (χ3v) is 6.26. The van der Waals surface area contributed by atoms with Gasteiger partial charge in [0.15, 0.2) is 17.5 Å². The predicted molar refractivity (Wildman–Crippen MR) is 118 cm³/mol. The number of benzene rings is 1. The molecule has 0 saturated carbocycles. The number of hydrogen-bond acceptors (Lipinski definition) is 4. The van der Waals surface area contributed by atoms with Crippen LogP contribution in [0, 0.1) is 11.7 Å². The summed E-state index contributed by atoms with van der Waals surface area (Å²) < 4.78 is 19.4. The highest BCUT2D eigenvalue weighted by atomic mass is 32.1. The van der Waals surface area contributed by atoms with Crippen molar-refractivity contribution in [1.29, 1.82) is 0 Å². The molecule has 0 radical (unpaired) electrons. The minimum atomic E-state index is -0.345. The highest BCUT2D eigenvalue weighted by Gasteiger charge is 2.31. The molecule has 1 aromatic carbocycles. The first kappa shape index (κ1) is 21.6. The zero-order valence-corrected chi connectivity index (χ0v) is 18.2. The van der Waals surface area contributed by atoms with Crippen molar-refractivity contribution in [2.75, 3.05) is 33.7 Å². The van der Waals surface area contributed by atoms with E-state index >= 15 is 0 Å². The standard InChI is InChI=1S/C22H31FN4OS/c1-16(28-19-10-5-4-9-18(19)23)14-25-22(24-2)26-15-17-8-6-12-27(3)21(17)20-11-7-13-29-20/h4-5,7,9-11,13,16-17,21H,6,8,12,14-15H2,1-3H3,(H2,24,25,26). The van der Waals surface area contributed by atoms with Gasteiger partial charge in [0, 0.05) is 24.5 Å². The van der Waals surface area contributed by atoms with Crippen molar-refractivity contribution in [1.82, 2.24) is 15.5 Å². The van der Waals surface area contributed by atoms with Crippen molar-refractivity contribution in [3.05, 3.63) is 52.5 Å². The molecular formula is C22H31FN4OS. The summed E-state index contributed by atoms with van der Waals surface area (Å²) in [5, 5.41) is 8.91. The van der Waals surface area contributed by atoms with E-state index < -0.39 is 0 Å². The van der Waals surface area contributed by atoms with E-state index in [1.165, 1.54) is 23.8 Å². The largest absolute Gasteiger partial charge is 0.486 e. The number of nitrogens with one attached hydrogen (secondary N) is 2. The maximum atomic E-state index is 13.7. The minimum Gasteiger partial charge on any atom is -0.486 e. The van der Waals surface area contributed by atoms with Gasteiger partial charge in [0.2, 0.25) is 0 Å². The summed E-state index contributed by atoms with van der Waals surface area (Å²) in [6.07, 6.45) is 2.22. The number of piperidine rings is 1. The smallest absolute Gasteiger partial charge is 0.191 e. The van der Waals surface area contributed by atoms with Gasteiger partial charge in [-0.25, -0.2) is 4.39 Å². The number of aliphatic imine (C=N–C) groups is 1. The van der Waals surface area contributed by atoms with Gasteiger partial charge in [-0.2, -0.15) is 0 Å². The van der Waals surface area contributed by atoms with Gasteiger partial charge in [0.1, 0.15) is 6.10 Å². The number of rotatable bonds is 7. The first-order valence-corrected chi connectivity index (χ1v) is 11.1. The SMILES string of the molecule is CN=C(NCC(C)Oc1ccccc1F)NCC1CCCN(C)C1c1cccs1. The highest BCUT2D eigenvalue weighted by Crippen LogP contribution is 2.36. The molecule has 0 amide bonds. The van der Waals surface area contributed by atoms with Crippen molar-refractivity contribution in [3.63, 3.8) is 0 Å². The van der Waals surface area contributed by atoms with E-state index in [0.29, 0.717) is 18.5 Å². The van der Waals surface area contributed by atoms with Crippen LogP contribution in [0.5, 0.6) is 5.75 Å². The Hall–Kier alpha value is -2.12. The average Bonchev–Trinajstić information content (AvgIpc) is 3.24. The fourth-order valence-corrected chi connectivity index (χ4v) is 4.85. The van der Waals surface area contributed by atoms with Crippen LogP contribution in [-0.4, -0.2) is 50.7 Å². The second-order valence-electron chi connectivity index (χ2n) is 7.54. The van der Waals surface area contributed by atoms with Gasteiger partial charge >= 0.3 is 0 Å². The van der Waals surface area contributed by atoms with Gasteiger partial charge in [0.25, 0.3) is 0 Å². The van der Waals surface area contributed by atoms with Gasteiger partial charge in [-0.05, 0) is 62.9 Å². The van der Waals surface area contributed by atoms with Crippen LogP contribution in [0.3, 0.4) is 0 Å². The minimum absolute atomic E-state index is 0.190. The monoisotopic (exact) mass is 418 g/mol. The normalized spacial score (nSPS) is 21.6. The van der Waals surface area contributed by atoms with Crippen LogP contribution < -0.4 is 15.4 Å². The Morgan fingerprint density at radius 2 is 2.14 bits per heavy atom. The van der Waals surface area contributed by atoms with E-state index in [1.54, 1.807) is 25.2 Å². The van der Waals surface area contributed by atoms with Crippen molar-refractivity contribution in [2.45, 2.75) is 31.9 Å². The quantitative estimate of drug-likeness (QED) is 0.529. The summed E-state index contributed by atoms with van der Waals surface area (Å²) in [6, 6.07) is 11.3. The van der Waals surface area contributed by atoms with Crippen LogP contribution in [-0.2, 0) is 0 Å². The van der Waals surface area contributed by atoms with E-state index in [0.717, 1.165) is 19.0 Å². The second kappa shape index (κ2) is 10.6. The van der Waals surface area contributed by atoms with Crippen molar-refractivity contribution in [3.8, 4) is 5.75 Å². The number of nitrogens with zero attached hydrogens (tertiary/aromatic N) is 2. The first-order valence-electron chi connectivity index (χ1n) is 10.2. The number of para-hydroxylation sites is 1. The van der Waals surface area contributed by atoms with Crippen LogP contribution in [0.25, 0.3) is 0 Å². The molecule has 0 aliphatic carbocycles. The van der Waals surface area contributed by atoms with E-state index in [4.69, 9.17) is 4.74 Å². The van der Waals surface area contributed by atoms with Gasteiger partial charge in [-0.15, -0.1) is 11.3 Å². The summed E-state index contributed by atoms with van der Waals surface area (Å²) in [5.41, 5.74) is 0. The number of guanidine groups is 1. The maximum Gasteiger partial charge on any atom is 0.191 e. The molecule has 2 heterocycles. The zero-order valence-electron chi connectivity index (χ0n) is 17.4. The molecule has 5 nitrogen and oxygen atoms in total. The molecule has 2 aromatic rings. The summed E-state index contributed by atoms with van der Waals surface area (Å²) >= 11 is 1.83. The molecule has 158 valence electrons. The van der Waals surface area contributed by atoms with Crippen LogP contribution in [0.1, 0.15) is 30.7 Å². The number of likely N-dealkylation sites (tertiary alicyclic amines) is 1. The molecule has 1 aliphatic heterocycles. The van der Waals surface area contributed by atoms with Gasteiger partial charge in [-0.1, -0.05) is 18.2 Å². The highest BCUT2D eigenvalue weighted by molar-refractivity contribution is 7.10. The fourth-order valence-electron chi connectivity index (χ4n) is 3.87.